The smallest absolute Gasteiger partial charge is 0.251 e. The fourth-order valence-electron chi connectivity index (χ4n) is 3.72. The lowest BCUT2D eigenvalue weighted by atomic mass is 10.0. The highest BCUT2D eigenvalue weighted by Crippen LogP contribution is 2.16. The molecule has 1 fully saturated rings. The molecule has 0 saturated carbocycles. The highest BCUT2D eigenvalue weighted by molar-refractivity contribution is 5.97. The minimum absolute atomic E-state index is 0.0887. The first kappa shape index (κ1) is 22.0. The van der Waals surface area contributed by atoms with Crippen LogP contribution in [-0.2, 0) is 17.9 Å². The van der Waals surface area contributed by atoms with Crippen LogP contribution < -0.4 is 10.6 Å². The Hall–Kier alpha value is -2.73. The number of amides is 2. The maximum Gasteiger partial charge on any atom is 0.251 e. The summed E-state index contributed by atoms with van der Waals surface area (Å²) in [6.45, 7) is 7.31. The lowest BCUT2D eigenvalue weighted by molar-refractivity contribution is -0.124. The molecule has 2 aromatic rings. The van der Waals surface area contributed by atoms with Gasteiger partial charge in [0.05, 0.1) is 0 Å². The third kappa shape index (κ3) is 5.89. The first-order valence-electron chi connectivity index (χ1n) is 10.6. The Bertz CT molecular complexity index is 861. The SMILES string of the molecule is CC(C)[C@H](NC(=O)c1ccc(F)cc1)C(=O)NCc1ccccc1CN1CCCC1. The van der Waals surface area contributed by atoms with Crippen molar-refractivity contribution >= 4 is 11.8 Å². The zero-order chi connectivity index (χ0) is 21.5. The molecule has 0 aromatic heterocycles. The highest BCUT2D eigenvalue weighted by Gasteiger charge is 2.25. The van der Waals surface area contributed by atoms with Gasteiger partial charge in [-0.1, -0.05) is 38.1 Å². The average Bonchev–Trinajstić information content (AvgIpc) is 3.24. The molecule has 0 unspecified atom stereocenters. The summed E-state index contributed by atoms with van der Waals surface area (Å²) in [5.41, 5.74) is 2.63. The molecule has 1 atom stereocenters. The van der Waals surface area contributed by atoms with E-state index in [2.05, 4.69) is 21.6 Å². The first-order chi connectivity index (χ1) is 14.4. The molecule has 1 aliphatic heterocycles. The number of hydrogen-bond acceptors (Lipinski definition) is 3. The lowest BCUT2D eigenvalue weighted by Crippen LogP contribution is -2.49. The van der Waals surface area contributed by atoms with Crippen LogP contribution in [0.15, 0.2) is 48.5 Å². The van der Waals surface area contributed by atoms with Gasteiger partial charge in [0.25, 0.3) is 5.91 Å². The Kier molecular flexibility index (Phi) is 7.57. The summed E-state index contributed by atoms with van der Waals surface area (Å²) in [6.07, 6.45) is 2.48. The molecular formula is C24H30FN3O2. The second-order valence-corrected chi connectivity index (χ2v) is 8.17. The molecule has 30 heavy (non-hydrogen) atoms. The highest BCUT2D eigenvalue weighted by atomic mass is 19.1. The fourth-order valence-corrected chi connectivity index (χ4v) is 3.72. The number of nitrogens with one attached hydrogen (secondary N) is 2. The maximum atomic E-state index is 13.1. The summed E-state index contributed by atoms with van der Waals surface area (Å²) in [4.78, 5) is 27.7. The van der Waals surface area contributed by atoms with Crippen LogP contribution in [0.1, 0.15) is 48.2 Å². The van der Waals surface area contributed by atoms with Crippen molar-refractivity contribution in [3.63, 3.8) is 0 Å². The molecule has 0 bridgehead atoms. The number of carbonyl (C=O) groups excluding carboxylic acids is 2. The first-order valence-corrected chi connectivity index (χ1v) is 10.6. The average molecular weight is 412 g/mol. The number of nitrogens with zero attached hydrogens (tertiary/aromatic N) is 1. The summed E-state index contributed by atoms with van der Waals surface area (Å²) in [7, 11) is 0. The lowest BCUT2D eigenvalue weighted by Gasteiger charge is -2.23. The largest absolute Gasteiger partial charge is 0.350 e. The van der Waals surface area contributed by atoms with Gasteiger partial charge in [-0.2, -0.15) is 0 Å². The maximum absolute atomic E-state index is 13.1. The zero-order valence-corrected chi connectivity index (χ0v) is 17.7. The fraction of sp³-hybridized carbons (Fsp3) is 0.417. The van der Waals surface area contributed by atoms with Gasteiger partial charge >= 0.3 is 0 Å². The van der Waals surface area contributed by atoms with Crippen LogP contribution in [0.4, 0.5) is 4.39 Å². The van der Waals surface area contributed by atoms with E-state index >= 15 is 0 Å². The second-order valence-electron chi connectivity index (χ2n) is 8.17. The molecule has 3 rings (SSSR count). The number of likely N-dealkylation sites (tertiary alicyclic amines) is 1. The summed E-state index contributed by atoms with van der Waals surface area (Å²) in [5.74, 6) is -1.11. The summed E-state index contributed by atoms with van der Waals surface area (Å²) in [5, 5.41) is 5.76. The number of hydrogen-bond donors (Lipinski definition) is 2. The molecule has 6 heteroatoms. The molecule has 2 aromatic carbocycles. The van der Waals surface area contributed by atoms with E-state index in [1.807, 2.05) is 32.0 Å². The van der Waals surface area contributed by atoms with Crippen molar-refractivity contribution in [1.82, 2.24) is 15.5 Å². The van der Waals surface area contributed by atoms with E-state index in [9.17, 15) is 14.0 Å². The van der Waals surface area contributed by atoms with Gasteiger partial charge < -0.3 is 10.6 Å². The molecule has 0 radical (unpaired) electrons. The van der Waals surface area contributed by atoms with Crippen molar-refractivity contribution in [2.75, 3.05) is 13.1 Å². The molecule has 1 heterocycles. The zero-order valence-electron chi connectivity index (χ0n) is 17.7. The number of halogens is 1. The van der Waals surface area contributed by atoms with E-state index in [-0.39, 0.29) is 11.8 Å². The van der Waals surface area contributed by atoms with Gasteiger partial charge in [0.1, 0.15) is 11.9 Å². The quantitative estimate of drug-likeness (QED) is 0.699. The molecule has 0 spiro atoms. The van der Waals surface area contributed by atoms with Crippen LogP contribution in [0.3, 0.4) is 0 Å². The van der Waals surface area contributed by atoms with Crippen molar-refractivity contribution in [3.05, 3.63) is 71.0 Å². The standard InChI is InChI=1S/C24H30FN3O2/c1-17(2)22(27-23(29)18-9-11-21(25)12-10-18)24(30)26-15-19-7-3-4-8-20(19)16-28-13-5-6-14-28/h3-4,7-12,17,22H,5-6,13-16H2,1-2H3,(H,26,30)(H,27,29)/t22-/m0/s1. The molecule has 1 saturated heterocycles. The number of rotatable bonds is 8. The van der Waals surface area contributed by atoms with E-state index in [0.717, 1.165) is 25.2 Å². The molecule has 2 N–H and O–H groups in total. The monoisotopic (exact) mass is 411 g/mol. The third-order valence-corrected chi connectivity index (χ3v) is 5.51. The van der Waals surface area contributed by atoms with Crippen LogP contribution >= 0.6 is 0 Å². The molecule has 160 valence electrons. The van der Waals surface area contributed by atoms with Crippen LogP contribution in [0.2, 0.25) is 0 Å². The Morgan fingerprint density at radius 3 is 2.27 bits per heavy atom. The van der Waals surface area contributed by atoms with Crippen LogP contribution in [0.5, 0.6) is 0 Å². The van der Waals surface area contributed by atoms with Gasteiger partial charge in [-0.15, -0.1) is 0 Å². The van der Waals surface area contributed by atoms with Gasteiger partial charge in [0.2, 0.25) is 5.91 Å². The summed E-state index contributed by atoms with van der Waals surface area (Å²) < 4.78 is 13.1. The van der Waals surface area contributed by atoms with Crippen molar-refractivity contribution < 1.29 is 14.0 Å². The molecule has 0 aliphatic carbocycles. The summed E-state index contributed by atoms with van der Waals surface area (Å²) >= 11 is 0. The van der Waals surface area contributed by atoms with Gasteiger partial charge in [-0.05, 0) is 67.2 Å². The van der Waals surface area contributed by atoms with E-state index in [1.54, 1.807) is 0 Å². The van der Waals surface area contributed by atoms with E-state index in [0.29, 0.717) is 12.1 Å². The van der Waals surface area contributed by atoms with E-state index < -0.39 is 17.8 Å². The number of benzene rings is 2. The Morgan fingerprint density at radius 2 is 1.63 bits per heavy atom. The van der Waals surface area contributed by atoms with Gasteiger partial charge in [-0.25, -0.2) is 4.39 Å². The minimum atomic E-state index is -0.673. The predicted molar refractivity (Wildman–Crippen MR) is 115 cm³/mol. The Morgan fingerprint density at radius 1 is 1.00 bits per heavy atom. The normalized spacial score (nSPS) is 15.2. The van der Waals surface area contributed by atoms with Crippen LogP contribution in [0, 0.1) is 11.7 Å². The Labute approximate surface area is 177 Å². The topological polar surface area (TPSA) is 61.4 Å². The van der Waals surface area contributed by atoms with Crippen LogP contribution in [-0.4, -0.2) is 35.8 Å². The molecule has 1 aliphatic rings. The molecular weight excluding hydrogens is 381 g/mol. The van der Waals surface area contributed by atoms with E-state index in [1.165, 1.54) is 42.7 Å². The Balaban J connectivity index is 1.61. The molecule has 5 nitrogen and oxygen atoms in total. The molecule has 2 amide bonds. The van der Waals surface area contributed by atoms with E-state index in [4.69, 9.17) is 0 Å². The van der Waals surface area contributed by atoms with Crippen molar-refractivity contribution in [2.45, 2.75) is 45.8 Å². The predicted octanol–water partition coefficient (Wildman–Crippen LogP) is 3.49. The van der Waals surface area contributed by atoms with Gasteiger partial charge in [0, 0.05) is 18.7 Å². The second kappa shape index (κ2) is 10.3. The third-order valence-electron chi connectivity index (χ3n) is 5.51. The van der Waals surface area contributed by atoms with Crippen molar-refractivity contribution in [3.8, 4) is 0 Å². The van der Waals surface area contributed by atoms with Gasteiger partial charge in [0.15, 0.2) is 0 Å². The van der Waals surface area contributed by atoms with Crippen molar-refractivity contribution in [2.24, 2.45) is 5.92 Å². The summed E-state index contributed by atoms with van der Waals surface area (Å²) in [6, 6.07) is 12.8. The number of carbonyl (C=O) groups is 2. The van der Waals surface area contributed by atoms with Crippen LogP contribution in [0.25, 0.3) is 0 Å². The minimum Gasteiger partial charge on any atom is -0.350 e. The van der Waals surface area contributed by atoms with Gasteiger partial charge in [-0.3, -0.25) is 14.5 Å². The van der Waals surface area contributed by atoms with Crippen molar-refractivity contribution in [1.29, 1.82) is 0 Å².